The van der Waals surface area contributed by atoms with Gasteiger partial charge in [0.25, 0.3) is 0 Å². The Hall–Kier alpha value is -0.740. The van der Waals surface area contributed by atoms with Gasteiger partial charge in [-0.3, -0.25) is 4.98 Å². The monoisotopic (exact) mass is 240 g/mol. The summed E-state index contributed by atoms with van der Waals surface area (Å²) in [6.45, 7) is 4.42. The van der Waals surface area contributed by atoms with Crippen molar-refractivity contribution in [2.75, 3.05) is 19.9 Å². The summed E-state index contributed by atoms with van der Waals surface area (Å²) in [6, 6.07) is 2.37. The second-order valence-electron chi connectivity index (χ2n) is 3.88. The van der Waals surface area contributed by atoms with Crippen LogP contribution < -0.4 is 10.1 Å². The molecular formula is C12H20N2OS. The summed E-state index contributed by atoms with van der Waals surface area (Å²) in [5, 5.41) is 3.96. The Morgan fingerprint density at radius 1 is 1.44 bits per heavy atom. The van der Waals surface area contributed by atoms with E-state index in [2.05, 4.69) is 24.1 Å². The molecule has 0 saturated carbocycles. The van der Waals surface area contributed by atoms with Gasteiger partial charge in [0, 0.05) is 18.0 Å². The first-order chi connectivity index (χ1) is 7.67. The van der Waals surface area contributed by atoms with E-state index in [0.717, 1.165) is 11.5 Å². The molecule has 1 aromatic heterocycles. The molecule has 90 valence electrons. The summed E-state index contributed by atoms with van der Waals surface area (Å²) >= 11 is 1.94. The first kappa shape index (κ1) is 13.3. The van der Waals surface area contributed by atoms with Crippen molar-refractivity contribution in [3.63, 3.8) is 0 Å². The van der Waals surface area contributed by atoms with Crippen LogP contribution in [-0.2, 0) is 0 Å². The molecule has 0 aliphatic rings. The number of methoxy groups -OCH3 is 1. The molecule has 0 amide bonds. The van der Waals surface area contributed by atoms with Crippen molar-refractivity contribution < 1.29 is 4.74 Å². The van der Waals surface area contributed by atoms with E-state index in [4.69, 9.17) is 4.74 Å². The lowest BCUT2D eigenvalue weighted by Gasteiger charge is -2.17. The third kappa shape index (κ3) is 4.02. The van der Waals surface area contributed by atoms with Gasteiger partial charge in [0.05, 0.1) is 13.3 Å². The maximum atomic E-state index is 5.18. The van der Waals surface area contributed by atoms with Crippen LogP contribution in [-0.4, -0.2) is 30.1 Å². The van der Waals surface area contributed by atoms with E-state index in [1.54, 1.807) is 13.3 Å². The molecule has 1 aromatic rings. The molecule has 0 bridgehead atoms. The van der Waals surface area contributed by atoms with Gasteiger partial charge in [-0.2, -0.15) is 11.8 Å². The topological polar surface area (TPSA) is 34.2 Å². The SMILES string of the molecule is CNC(CSC(C)C)c1cncc(OC)c1. The van der Waals surface area contributed by atoms with Crippen LogP contribution in [0.1, 0.15) is 25.5 Å². The summed E-state index contributed by atoms with van der Waals surface area (Å²) in [5.41, 5.74) is 1.18. The van der Waals surface area contributed by atoms with Gasteiger partial charge < -0.3 is 10.1 Å². The number of hydrogen-bond donors (Lipinski definition) is 1. The second kappa shape index (κ2) is 6.76. The van der Waals surface area contributed by atoms with E-state index in [-0.39, 0.29) is 0 Å². The number of pyridine rings is 1. The zero-order chi connectivity index (χ0) is 12.0. The fourth-order valence-corrected chi connectivity index (χ4v) is 2.31. The van der Waals surface area contributed by atoms with Crippen LogP contribution in [0.2, 0.25) is 0 Å². The van der Waals surface area contributed by atoms with Crippen molar-refractivity contribution >= 4 is 11.8 Å². The van der Waals surface area contributed by atoms with E-state index in [1.807, 2.05) is 31.1 Å². The molecule has 16 heavy (non-hydrogen) atoms. The first-order valence-electron chi connectivity index (χ1n) is 5.45. The van der Waals surface area contributed by atoms with E-state index in [9.17, 15) is 0 Å². The van der Waals surface area contributed by atoms with Crippen LogP contribution in [0.5, 0.6) is 5.75 Å². The van der Waals surface area contributed by atoms with Crippen molar-refractivity contribution in [3.05, 3.63) is 24.0 Å². The lowest BCUT2D eigenvalue weighted by Crippen LogP contribution is -2.19. The summed E-state index contributed by atoms with van der Waals surface area (Å²) in [7, 11) is 3.64. The van der Waals surface area contributed by atoms with Crippen molar-refractivity contribution in [2.24, 2.45) is 0 Å². The maximum Gasteiger partial charge on any atom is 0.137 e. The summed E-state index contributed by atoms with van der Waals surface area (Å²) in [6.07, 6.45) is 3.62. The molecule has 0 aliphatic carbocycles. The Morgan fingerprint density at radius 3 is 2.75 bits per heavy atom. The molecule has 0 aliphatic heterocycles. The third-order valence-corrected chi connectivity index (χ3v) is 3.51. The minimum absolute atomic E-state index is 0.329. The number of ether oxygens (including phenoxy) is 1. The Kier molecular flexibility index (Phi) is 5.63. The standard InChI is InChI=1S/C12H20N2OS/c1-9(2)16-8-12(13-3)10-5-11(15-4)7-14-6-10/h5-7,9,12-13H,8H2,1-4H3. The van der Waals surface area contributed by atoms with Gasteiger partial charge in [-0.05, 0) is 23.9 Å². The average Bonchev–Trinajstić information content (AvgIpc) is 2.30. The number of aromatic nitrogens is 1. The van der Waals surface area contributed by atoms with Gasteiger partial charge in [0.2, 0.25) is 0 Å². The molecule has 0 spiro atoms. The van der Waals surface area contributed by atoms with Gasteiger partial charge in [0.15, 0.2) is 0 Å². The summed E-state index contributed by atoms with van der Waals surface area (Å²) < 4.78 is 5.18. The van der Waals surface area contributed by atoms with Gasteiger partial charge >= 0.3 is 0 Å². The highest BCUT2D eigenvalue weighted by Gasteiger charge is 2.11. The number of rotatable bonds is 6. The van der Waals surface area contributed by atoms with E-state index >= 15 is 0 Å². The van der Waals surface area contributed by atoms with Crippen LogP contribution in [0, 0.1) is 0 Å². The zero-order valence-corrected chi connectivity index (χ0v) is 11.2. The summed E-state index contributed by atoms with van der Waals surface area (Å²) in [4.78, 5) is 4.18. The lowest BCUT2D eigenvalue weighted by molar-refractivity contribution is 0.411. The van der Waals surface area contributed by atoms with Crippen LogP contribution >= 0.6 is 11.8 Å². The molecule has 1 rings (SSSR count). The normalized spacial score (nSPS) is 12.8. The van der Waals surface area contributed by atoms with Crippen molar-refractivity contribution in [2.45, 2.75) is 25.1 Å². The molecule has 0 aromatic carbocycles. The highest BCUT2D eigenvalue weighted by atomic mass is 32.2. The van der Waals surface area contributed by atoms with Crippen molar-refractivity contribution in [3.8, 4) is 5.75 Å². The van der Waals surface area contributed by atoms with Gasteiger partial charge in [-0.15, -0.1) is 0 Å². The minimum atomic E-state index is 0.329. The molecule has 4 heteroatoms. The second-order valence-corrected chi connectivity index (χ2v) is 5.49. The molecule has 3 nitrogen and oxygen atoms in total. The Balaban J connectivity index is 2.70. The van der Waals surface area contributed by atoms with Crippen LogP contribution in [0.15, 0.2) is 18.5 Å². The number of nitrogens with zero attached hydrogens (tertiary/aromatic N) is 1. The molecule has 1 unspecified atom stereocenters. The number of thioether (sulfide) groups is 1. The summed E-state index contributed by atoms with van der Waals surface area (Å²) in [5.74, 6) is 1.86. The maximum absolute atomic E-state index is 5.18. The van der Waals surface area contributed by atoms with Gasteiger partial charge in [-0.25, -0.2) is 0 Å². The molecule has 0 fully saturated rings. The average molecular weight is 240 g/mol. The van der Waals surface area contributed by atoms with Gasteiger partial charge in [-0.1, -0.05) is 13.8 Å². The molecule has 0 radical (unpaired) electrons. The highest BCUT2D eigenvalue weighted by Crippen LogP contribution is 2.22. The van der Waals surface area contributed by atoms with Crippen LogP contribution in [0.4, 0.5) is 0 Å². The third-order valence-electron chi connectivity index (χ3n) is 2.32. The van der Waals surface area contributed by atoms with Crippen molar-refractivity contribution in [1.82, 2.24) is 10.3 Å². The molecule has 1 atom stereocenters. The Bertz CT molecular complexity index is 318. The zero-order valence-electron chi connectivity index (χ0n) is 10.4. The van der Waals surface area contributed by atoms with E-state index < -0.39 is 0 Å². The van der Waals surface area contributed by atoms with Crippen LogP contribution in [0.25, 0.3) is 0 Å². The molecule has 1 N–H and O–H groups in total. The number of nitrogens with one attached hydrogen (secondary N) is 1. The lowest BCUT2D eigenvalue weighted by atomic mass is 10.1. The van der Waals surface area contributed by atoms with Crippen molar-refractivity contribution in [1.29, 1.82) is 0 Å². The minimum Gasteiger partial charge on any atom is -0.495 e. The predicted molar refractivity (Wildman–Crippen MR) is 70.2 cm³/mol. The smallest absolute Gasteiger partial charge is 0.137 e. The largest absolute Gasteiger partial charge is 0.495 e. The van der Waals surface area contributed by atoms with E-state index in [0.29, 0.717) is 11.3 Å². The predicted octanol–water partition coefficient (Wildman–Crippen LogP) is 2.49. The first-order valence-corrected chi connectivity index (χ1v) is 6.50. The molecule has 0 saturated heterocycles. The van der Waals surface area contributed by atoms with E-state index in [1.165, 1.54) is 5.56 Å². The number of hydrogen-bond acceptors (Lipinski definition) is 4. The fraction of sp³-hybridized carbons (Fsp3) is 0.583. The quantitative estimate of drug-likeness (QED) is 0.828. The highest BCUT2D eigenvalue weighted by molar-refractivity contribution is 7.99. The Morgan fingerprint density at radius 2 is 2.19 bits per heavy atom. The molecular weight excluding hydrogens is 220 g/mol. The fourth-order valence-electron chi connectivity index (χ4n) is 1.37. The van der Waals surface area contributed by atoms with Gasteiger partial charge in [0.1, 0.15) is 5.75 Å². The molecule has 1 heterocycles. The van der Waals surface area contributed by atoms with Crippen LogP contribution in [0.3, 0.4) is 0 Å². The Labute approximate surface area is 102 Å².